The minimum absolute atomic E-state index is 0.227. The number of halogens is 3. The van der Waals surface area contributed by atoms with Crippen LogP contribution in [0.25, 0.3) is 5.69 Å². The van der Waals surface area contributed by atoms with Gasteiger partial charge in [-0.1, -0.05) is 24.3 Å². The van der Waals surface area contributed by atoms with Crippen molar-refractivity contribution in [2.45, 2.75) is 26.1 Å². The first-order chi connectivity index (χ1) is 12.8. The maximum absolute atomic E-state index is 12.9. The van der Waals surface area contributed by atoms with E-state index >= 15 is 0 Å². The number of carbonyl (C=O) groups is 1. The molecule has 0 aliphatic rings. The molecule has 0 fully saturated rings. The molecule has 0 saturated heterocycles. The van der Waals surface area contributed by atoms with Gasteiger partial charge in [0.05, 0.1) is 23.5 Å². The van der Waals surface area contributed by atoms with Gasteiger partial charge in [-0.3, -0.25) is 4.79 Å². The summed E-state index contributed by atoms with van der Waals surface area (Å²) in [5.74, 6) is -0.227. The van der Waals surface area contributed by atoms with Crippen LogP contribution in [0.3, 0.4) is 0 Å². The van der Waals surface area contributed by atoms with E-state index in [1.165, 1.54) is 10.7 Å². The van der Waals surface area contributed by atoms with Crippen molar-refractivity contribution in [3.8, 4) is 5.69 Å². The second-order valence-corrected chi connectivity index (χ2v) is 6.21. The van der Waals surface area contributed by atoms with Gasteiger partial charge in [-0.2, -0.15) is 18.3 Å². The Morgan fingerprint density at radius 3 is 2.48 bits per heavy atom. The van der Waals surface area contributed by atoms with E-state index in [-0.39, 0.29) is 11.9 Å². The van der Waals surface area contributed by atoms with Crippen LogP contribution in [0.1, 0.15) is 40.1 Å². The highest BCUT2D eigenvalue weighted by Gasteiger charge is 2.30. The van der Waals surface area contributed by atoms with E-state index in [2.05, 4.69) is 10.4 Å². The Labute approximate surface area is 154 Å². The molecule has 27 heavy (non-hydrogen) atoms. The van der Waals surface area contributed by atoms with Crippen LogP contribution in [-0.2, 0) is 6.18 Å². The molecule has 0 spiro atoms. The summed E-state index contributed by atoms with van der Waals surface area (Å²) in [5.41, 5.74) is 1.51. The SMILES string of the molecule is Cc1c([C@@H](C)NC(=O)c2ccccc2)cnn1-c1cccc(C(F)(F)F)c1. The van der Waals surface area contributed by atoms with E-state index in [0.717, 1.165) is 17.7 Å². The van der Waals surface area contributed by atoms with E-state index in [9.17, 15) is 18.0 Å². The Morgan fingerprint density at radius 1 is 1.11 bits per heavy atom. The molecule has 4 nitrogen and oxygen atoms in total. The van der Waals surface area contributed by atoms with Crippen molar-refractivity contribution in [3.05, 3.63) is 83.2 Å². The zero-order chi connectivity index (χ0) is 19.6. The highest BCUT2D eigenvalue weighted by molar-refractivity contribution is 5.94. The molecule has 0 unspecified atom stereocenters. The number of benzene rings is 2. The van der Waals surface area contributed by atoms with Crippen LogP contribution in [0.4, 0.5) is 13.2 Å². The molecule has 140 valence electrons. The third-order valence-electron chi connectivity index (χ3n) is 4.32. The average molecular weight is 373 g/mol. The molecule has 1 N–H and O–H groups in total. The van der Waals surface area contributed by atoms with E-state index in [1.807, 2.05) is 6.07 Å². The van der Waals surface area contributed by atoms with E-state index in [4.69, 9.17) is 0 Å². The average Bonchev–Trinajstić information content (AvgIpc) is 3.03. The lowest BCUT2D eigenvalue weighted by Crippen LogP contribution is -2.26. The van der Waals surface area contributed by atoms with Crippen molar-refractivity contribution in [2.24, 2.45) is 0 Å². The van der Waals surface area contributed by atoms with Gasteiger partial charge >= 0.3 is 6.18 Å². The second-order valence-electron chi connectivity index (χ2n) is 6.21. The fraction of sp³-hybridized carbons (Fsp3) is 0.200. The van der Waals surface area contributed by atoms with Crippen molar-refractivity contribution in [1.82, 2.24) is 15.1 Å². The van der Waals surface area contributed by atoms with Crippen LogP contribution >= 0.6 is 0 Å². The number of aromatic nitrogens is 2. The minimum atomic E-state index is -4.42. The Kier molecular flexibility index (Phi) is 5.03. The van der Waals surface area contributed by atoms with Gasteiger partial charge in [0.25, 0.3) is 5.91 Å². The summed E-state index contributed by atoms with van der Waals surface area (Å²) in [5, 5.41) is 7.09. The molecule has 1 amide bonds. The molecule has 1 atom stereocenters. The molecule has 0 radical (unpaired) electrons. The van der Waals surface area contributed by atoms with Crippen LogP contribution in [0, 0.1) is 6.92 Å². The van der Waals surface area contributed by atoms with Crippen LogP contribution in [0.2, 0.25) is 0 Å². The number of hydrogen-bond acceptors (Lipinski definition) is 2. The monoisotopic (exact) mass is 373 g/mol. The van der Waals surface area contributed by atoms with Gasteiger partial charge in [-0.25, -0.2) is 4.68 Å². The molecule has 3 aromatic rings. The predicted molar refractivity (Wildman–Crippen MR) is 95.6 cm³/mol. The fourth-order valence-corrected chi connectivity index (χ4v) is 2.87. The Morgan fingerprint density at radius 2 is 1.81 bits per heavy atom. The molecule has 1 aromatic heterocycles. The summed E-state index contributed by atoms with van der Waals surface area (Å²) in [4.78, 5) is 12.3. The first-order valence-corrected chi connectivity index (χ1v) is 8.35. The molecule has 0 bridgehead atoms. The van der Waals surface area contributed by atoms with Crippen LogP contribution in [-0.4, -0.2) is 15.7 Å². The molecular weight excluding hydrogens is 355 g/mol. The number of nitrogens with zero attached hydrogens (tertiary/aromatic N) is 2. The Hall–Kier alpha value is -3.09. The Balaban J connectivity index is 1.84. The fourth-order valence-electron chi connectivity index (χ4n) is 2.87. The van der Waals surface area contributed by atoms with Crippen molar-refractivity contribution in [1.29, 1.82) is 0 Å². The van der Waals surface area contributed by atoms with E-state index in [0.29, 0.717) is 16.9 Å². The highest BCUT2D eigenvalue weighted by Crippen LogP contribution is 2.31. The lowest BCUT2D eigenvalue weighted by Gasteiger charge is -2.15. The van der Waals surface area contributed by atoms with Gasteiger partial charge in [-0.05, 0) is 44.2 Å². The lowest BCUT2D eigenvalue weighted by atomic mass is 10.1. The zero-order valence-corrected chi connectivity index (χ0v) is 14.8. The number of carbonyl (C=O) groups excluding carboxylic acids is 1. The number of rotatable bonds is 4. The molecule has 0 saturated carbocycles. The molecule has 0 aliphatic heterocycles. The number of hydrogen-bond donors (Lipinski definition) is 1. The highest BCUT2D eigenvalue weighted by atomic mass is 19.4. The van der Waals surface area contributed by atoms with E-state index in [1.54, 1.807) is 50.4 Å². The maximum atomic E-state index is 12.9. The largest absolute Gasteiger partial charge is 0.416 e. The molecule has 3 rings (SSSR count). The van der Waals surface area contributed by atoms with Gasteiger partial charge in [0.2, 0.25) is 0 Å². The number of nitrogens with one attached hydrogen (secondary N) is 1. The van der Waals surface area contributed by atoms with Gasteiger partial charge < -0.3 is 5.32 Å². The summed E-state index contributed by atoms with van der Waals surface area (Å²) in [6, 6.07) is 13.4. The Bertz CT molecular complexity index is 949. The summed E-state index contributed by atoms with van der Waals surface area (Å²) < 4.78 is 40.3. The summed E-state index contributed by atoms with van der Waals surface area (Å²) in [6.45, 7) is 3.56. The third kappa shape index (κ3) is 4.02. The third-order valence-corrected chi connectivity index (χ3v) is 4.32. The predicted octanol–water partition coefficient (Wildman–Crippen LogP) is 4.69. The van der Waals surface area contributed by atoms with Crippen LogP contribution in [0.5, 0.6) is 0 Å². The van der Waals surface area contributed by atoms with Crippen molar-refractivity contribution >= 4 is 5.91 Å². The van der Waals surface area contributed by atoms with Crippen molar-refractivity contribution < 1.29 is 18.0 Å². The quantitative estimate of drug-likeness (QED) is 0.721. The lowest BCUT2D eigenvalue weighted by molar-refractivity contribution is -0.137. The summed E-state index contributed by atoms with van der Waals surface area (Å²) in [6.07, 6.45) is -2.86. The van der Waals surface area contributed by atoms with Gasteiger partial charge in [0.1, 0.15) is 0 Å². The smallest absolute Gasteiger partial charge is 0.345 e. The number of alkyl halides is 3. The molecular formula is C20H18F3N3O. The van der Waals surface area contributed by atoms with Crippen molar-refractivity contribution in [2.75, 3.05) is 0 Å². The second kappa shape index (κ2) is 7.26. The van der Waals surface area contributed by atoms with E-state index < -0.39 is 11.7 Å². The molecule has 2 aromatic carbocycles. The summed E-state index contributed by atoms with van der Waals surface area (Å²) >= 11 is 0. The van der Waals surface area contributed by atoms with Crippen molar-refractivity contribution in [3.63, 3.8) is 0 Å². The topological polar surface area (TPSA) is 46.9 Å². The number of amides is 1. The zero-order valence-electron chi connectivity index (χ0n) is 14.8. The first kappa shape index (κ1) is 18.7. The van der Waals surface area contributed by atoms with Crippen LogP contribution < -0.4 is 5.32 Å². The molecule has 1 heterocycles. The maximum Gasteiger partial charge on any atom is 0.416 e. The van der Waals surface area contributed by atoms with Gasteiger partial charge in [0.15, 0.2) is 0 Å². The minimum Gasteiger partial charge on any atom is -0.345 e. The summed E-state index contributed by atoms with van der Waals surface area (Å²) in [7, 11) is 0. The van der Waals surface area contributed by atoms with Gasteiger partial charge in [-0.15, -0.1) is 0 Å². The van der Waals surface area contributed by atoms with Crippen LogP contribution in [0.15, 0.2) is 60.8 Å². The molecule has 0 aliphatic carbocycles. The van der Waals surface area contributed by atoms with Gasteiger partial charge in [0, 0.05) is 16.8 Å². The normalized spacial score (nSPS) is 12.6. The standard InChI is InChI=1S/C20H18F3N3O/c1-13(25-19(27)15-7-4-3-5-8-15)18-12-24-26(14(18)2)17-10-6-9-16(11-17)20(21,22)23/h3-13H,1-2H3,(H,25,27)/t13-/m1/s1. The molecule has 7 heteroatoms. The first-order valence-electron chi connectivity index (χ1n) is 8.35.